The summed E-state index contributed by atoms with van der Waals surface area (Å²) in [5.74, 6) is 0.799. The molecule has 1 saturated heterocycles. The van der Waals surface area contributed by atoms with E-state index in [2.05, 4.69) is 54.2 Å². The molecule has 0 N–H and O–H groups in total. The molecule has 2 aromatic carbocycles. The number of carbonyl (C=O) groups is 1. The van der Waals surface area contributed by atoms with Crippen molar-refractivity contribution in [2.24, 2.45) is 0 Å². The Bertz CT molecular complexity index is 1090. The predicted molar refractivity (Wildman–Crippen MR) is 136 cm³/mol. The molecule has 0 radical (unpaired) electrons. The molecular weight excluding hydrogens is 453 g/mol. The Balaban J connectivity index is 1.63. The zero-order valence-corrected chi connectivity index (χ0v) is 20.6. The summed E-state index contributed by atoms with van der Waals surface area (Å²) in [6.07, 6.45) is 3.85. The number of pyridine rings is 1. The van der Waals surface area contributed by atoms with Crippen LogP contribution in [0.5, 0.6) is 0 Å². The first kappa shape index (κ1) is 23.7. The molecule has 0 unspecified atom stereocenters. The first-order valence-corrected chi connectivity index (χ1v) is 12.1. The van der Waals surface area contributed by atoms with Gasteiger partial charge in [0.25, 0.3) is 0 Å². The van der Waals surface area contributed by atoms with E-state index in [1.54, 1.807) is 6.20 Å². The van der Waals surface area contributed by atoms with Crippen LogP contribution in [-0.2, 0) is 10.2 Å². The maximum atomic E-state index is 12.9. The number of aromatic nitrogens is 1. The molecule has 172 valence electrons. The fourth-order valence-electron chi connectivity index (χ4n) is 4.65. The number of hydrogen-bond acceptors (Lipinski definition) is 3. The van der Waals surface area contributed by atoms with Gasteiger partial charge in [-0.25, -0.2) is 4.98 Å². The number of piperidine rings is 1. The van der Waals surface area contributed by atoms with Gasteiger partial charge in [-0.3, -0.25) is 14.6 Å². The number of nitrogens with zero attached hydrogens (tertiary/aromatic N) is 3. The van der Waals surface area contributed by atoms with Gasteiger partial charge in [0.1, 0.15) is 5.82 Å². The van der Waals surface area contributed by atoms with Gasteiger partial charge in [-0.2, -0.15) is 0 Å². The van der Waals surface area contributed by atoms with Gasteiger partial charge in [0.05, 0.1) is 10.0 Å². The summed E-state index contributed by atoms with van der Waals surface area (Å²) in [6.45, 7) is 3.67. The molecule has 33 heavy (non-hydrogen) atoms. The van der Waals surface area contributed by atoms with E-state index in [0.29, 0.717) is 28.8 Å². The second-order valence-electron chi connectivity index (χ2n) is 8.89. The lowest BCUT2D eigenvalue weighted by molar-refractivity contribution is -0.120. The monoisotopic (exact) mass is 481 g/mol. The van der Waals surface area contributed by atoms with E-state index in [9.17, 15) is 4.79 Å². The van der Waals surface area contributed by atoms with Crippen LogP contribution in [0.4, 0.5) is 5.82 Å². The average molecular weight is 482 g/mol. The normalized spacial score (nSPS) is 19.7. The van der Waals surface area contributed by atoms with Gasteiger partial charge in [0.2, 0.25) is 5.91 Å². The molecule has 6 heteroatoms. The van der Waals surface area contributed by atoms with Crippen molar-refractivity contribution < 1.29 is 4.79 Å². The smallest absolute Gasteiger partial charge is 0.228 e. The van der Waals surface area contributed by atoms with Gasteiger partial charge in [0, 0.05) is 30.6 Å². The van der Waals surface area contributed by atoms with E-state index >= 15 is 0 Å². The Hall–Kier alpha value is -2.40. The first-order valence-electron chi connectivity index (χ1n) is 11.3. The summed E-state index contributed by atoms with van der Waals surface area (Å²) in [5, 5.41) is 1.08. The van der Waals surface area contributed by atoms with Crippen molar-refractivity contribution in [3.8, 4) is 0 Å². The molecule has 3 aromatic rings. The van der Waals surface area contributed by atoms with Crippen LogP contribution in [0.1, 0.15) is 43.4 Å². The molecular formula is C27H29Cl2N3O. The van der Waals surface area contributed by atoms with Crippen molar-refractivity contribution in [1.29, 1.82) is 0 Å². The molecule has 4 nitrogen and oxygen atoms in total. The predicted octanol–water partition coefficient (Wildman–Crippen LogP) is 6.54. The molecule has 0 spiro atoms. The molecule has 1 aliphatic rings. The number of hydrogen-bond donors (Lipinski definition) is 0. The van der Waals surface area contributed by atoms with Gasteiger partial charge in [-0.1, -0.05) is 65.7 Å². The minimum absolute atomic E-state index is 0.107. The van der Waals surface area contributed by atoms with Crippen LogP contribution in [0.3, 0.4) is 0 Å². The molecule has 2 heterocycles. The average Bonchev–Trinajstić information content (AvgIpc) is 2.86. The third kappa shape index (κ3) is 5.24. The topological polar surface area (TPSA) is 36.4 Å². The van der Waals surface area contributed by atoms with Crippen LogP contribution in [0.25, 0.3) is 0 Å². The minimum Gasteiger partial charge on any atom is -0.300 e. The molecule has 2 atom stereocenters. The summed E-state index contributed by atoms with van der Waals surface area (Å²) >= 11 is 12.7. The van der Waals surface area contributed by atoms with E-state index in [0.717, 1.165) is 24.9 Å². The van der Waals surface area contributed by atoms with Gasteiger partial charge >= 0.3 is 0 Å². The van der Waals surface area contributed by atoms with Crippen LogP contribution >= 0.6 is 23.2 Å². The van der Waals surface area contributed by atoms with Crippen molar-refractivity contribution in [3.63, 3.8) is 0 Å². The standard InChI is InChI=1S/C27H29Cl2N3O/c1-20(21-8-4-3-5-9-21)31(2)17-15-27(22-11-12-23(28)24(29)18-22)14-13-26(33)32(19-27)25-10-6-7-16-30-25/h3-12,16,18,20H,13-15,17,19H2,1-2H3/t20-,27+/m0/s1. The molecule has 1 amide bonds. The van der Waals surface area contributed by atoms with E-state index in [1.165, 1.54) is 5.56 Å². The summed E-state index contributed by atoms with van der Waals surface area (Å²) in [5.41, 5.74) is 2.16. The van der Waals surface area contributed by atoms with E-state index < -0.39 is 0 Å². The van der Waals surface area contributed by atoms with E-state index in [4.69, 9.17) is 23.2 Å². The highest BCUT2D eigenvalue weighted by Gasteiger charge is 2.41. The van der Waals surface area contributed by atoms with Crippen molar-refractivity contribution in [1.82, 2.24) is 9.88 Å². The lowest BCUT2D eigenvalue weighted by atomic mass is 9.71. The maximum Gasteiger partial charge on any atom is 0.228 e. The van der Waals surface area contributed by atoms with Crippen LogP contribution in [0, 0.1) is 0 Å². The molecule has 1 aliphatic heterocycles. The number of amides is 1. The third-order valence-electron chi connectivity index (χ3n) is 6.92. The van der Waals surface area contributed by atoms with Gasteiger partial charge in [-0.05, 0) is 68.8 Å². The molecule has 1 fully saturated rings. The van der Waals surface area contributed by atoms with Crippen molar-refractivity contribution in [3.05, 3.63) is 94.1 Å². The molecule has 1 aromatic heterocycles. The van der Waals surface area contributed by atoms with Crippen molar-refractivity contribution in [2.45, 2.75) is 37.6 Å². The fraction of sp³-hybridized carbons (Fsp3) is 0.333. The number of benzene rings is 2. The van der Waals surface area contributed by atoms with Gasteiger partial charge < -0.3 is 0 Å². The molecule has 0 bridgehead atoms. The third-order valence-corrected chi connectivity index (χ3v) is 7.66. The minimum atomic E-state index is -0.246. The lowest BCUT2D eigenvalue weighted by Gasteiger charge is -2.44. The number of carbonyl (C=O) groups excluding carboxylic acids is 1. The summed E-state index contributed by atoms with van der Waals surface area (Å²) in [6, 6.07) is 22.4. The first-order chi connectivity index (χ1) is 15.9. The Morgan fingerprint density at radius 1 is 1.06 bits per heavy atom. The zero-order valence-electron chi connectivity index (χ0n) is 19.0. The van der Waals surface area contributed by atoms with E-state index in [-0.39, 0.29) is 17.4 Å². The van der Waals surface area contributed by atoms with Crippen LogP contribution in [0.2, 0.25) is 10.0 Å². The highest BCUT2D eigenvalue weighted by molar-refractivity contribution is 6.42. The van der Waals surface area contributed by atoms with Gasteiger partial charge in [-0.15, -0.1) is 0 Å². The number of rotatable bonds is 7. The molecule has 0 aliphatic carbocycles. The van der Waals surface area contributed by atoms with Crippen LogP contribution < -0.4 is 4.90 Å². The Morgan fingerprint density at radius 2 is 1.82 bits per heavy atom. The molecule has 4 rings (SSSR count). The van der Waals surface area contributed by atoms with Crippen LogP contribution in [-0.4, -0.2) is 35.9 Å². The summed E-state index contributed by atoms with van der Waals surface area (Å²) in [7, 11) is 2.16. The quantitative estimate of drug-likeness (QED) is 0.384. The lowest BCUT2D eigenvalue weighted by Crippen LogP contribution is -2.50. The van der Waals surface area contributed by atoms with Gasteiger partial charge in [0.15, 0.2) is 0 Å². The fourth-order valence-corrected chi connectivity index (χ4v) is 4.95. The van der Waals surface area contributed by atoms with Crippen molar-refractivity contribution >= 4 is 34.9 Å². The Labute approximate surface area is 206 Å². The Kier molecular flexibility index (Phi) is 7.38. The van der Waals surface area contributed by atoms with E-state index in [1.807, 2.05) is 41.3 Å². The SMILES string of the molecule is C[C@@H](c1ccccc1)N(C)CC[C@]1(c2ccc(Cl)c(Cl)c2)CCC(=O)N(c2ccccn2)C1. The number of halogens is 2. The Morgan fingerprint density at radius 3 is 2.52 bits per heavy atom. The zero-order chi connectivity index (χ0) is 23.4. The second-order valence-corrected chi connectivity index (χ2v) is 9.71. The molecule has 0 saturated carbocycles. The number of anilines is 1. The second kappa shape index (κ2) is 10.3. The van der Waals surface area contributed by atoms with Crippen LogP contribution in [0.15, 0.2) is 72.9 Å². The largest absolute Gasteiger partial charge is 0.300 e. The van der Waals surface area contributed by atoms with Crippen molar-refractivity contribution in [2.75, 3.05) is 25.0 Å². The maximum absolute atomic E-state index is 12.9. The highest BCUT2D eigenvalue weighted by atomic mass is 35.5. The summed E-state index contributed by atoms with van der Waals surface area (Å²) < 4.78 is 0. The summed E-state index contributed by atoms with van der Waals surface area (Å²) in [4.78, 5) is 21.5. The highest BCUT2D eigenvalue weighted by Crippen LogP contribution is 2.41.